The molecule has 0 aliphatic rings. The summed E-state index contributed by atoms with van der Waals surface area (Å²) in [7, 11) is 0. The lowest BCUT2D eigenvalue weighted by Crippen LogP contribution is -1.78. The molecule has 0 amide bonds. The van der Waals surface area contributed by atoms with E-state index in [9.17, 15) is 0 Å². The zero-order valence-corrected chi connectivity index (χ0v) is 8.39. The van der Waals surface area contributed by atoms with E-state index in [0.29, 0.717) is 0 Å². The third-order valence-electron chi connectivity index (χ3n) is 2.03. The van der Waals surface area contributed by atoms with Crippen LogP contribution in [0, 0.1) is 13.3 Å². The molecule has 0 spiro atoms. The Kier molecular flexibility index (Phi) is 10.5. The Morgan fingerprint density at radius 3 is 2.08 bits per heavy atom. The highest BCUT2D eigenvalue weighted by Gasteiger charge is 1.88. The minimum Gasteiger partial charge on any atom is -0.0885 e. The summed E-state index contributed by atoms with van der Waals surface area (Å²) in [5.74, 6) is 0. The van der Waals surface area contributed by atoms with Gasteiger partial charge in [0.15, 0.2) is 0 Å². The summed E-state index contributed by atoms with van der Waals surface area (Å²) in [5, 5.41) is 0. The van der Waals surface area contributed by atoms with Crippen LogP contribution in [0.4, 0.5) is 0 Å². The number of unbranched alkanes of at least 4 members (excludes halogenated alkanes) is 7. The number of allylic oxidation sites excluding steroid dienone is 2. The van der Waals surface area contributed by atoms with Gasteiger partial charge in [0.05, 0.1) is 0 Å². The highest BCUT2D eigenvalue weighted by Crippen LogP contribution is 2.07. The molecule has 0 heteroatoms. The van der Waals surface area contributed by atoms with Gasteiger partial charge in [-0.25, -0.2) is 0 Å². The molecule has 70 valence electrons. The summed E-state index contributed by atoms with van der Waals surface area (Å²) in [4.78, 5) is 0. The molecule has 0 saturated heterocycles. The molecule has 0 bridgehead atoms. The second kappa shape index (κ2) is 10.7. The summed E-state index contributed by atoms with van der Waals surface area (Å²) in [6.45, 7) is 5.80. The molecule has 0 N–H and O–H groups in total. The fourth-order valence-electron chi connectivity index (χ4n) is 1.26. The van der Waals surface area contributed by atoms with Gasteiger partial charge in [0.25, 0.3) is 0 Å². The van der Waals surface area contributed by atoms with Crippen LogP contribution in [0.25, 0.3) is 0 Å². The van der Waals surface area contributed by atoms with Crippen LogP contribution in [0.3, 0.4) is 0 Å². The van der Waals surface area contributed by atoms with Gasteiger partial charge in [-0.2, -0.15) is 0 Å². The second-order valence-corrected chi connectivity index (χ2v) is 3.22. The average Bonchev–Trinajstić information content (AvgIpc) is 2.10. The first-order valence-electron chi connectivity index (χ1n) is 5.14. The van der Waals surface area contributed by atoms with Gasteiger partial charge in [0.2, 0.25) is 0 Å². The summed E-state index contributed by atoms with van der Waals surface area (Å²) in [5.41, 5.74) is 0. The van der Waals surface area contributed by atoms with Crippen LogP contribution < -0.4 is 0 Å². The maximum absolute atomic E-state index is 3.66. The fraction of sp³-hybridized carbons (Fsp3) is 0.667. The van der Waals surface area contributed by atoms with Crippen LogP contribution in [0.15, 0.2) is 12.2 Å². The Morgan fingerprint density at radius 1 is 0.917 bits per heavy atom. The zero-order valence-electron chi connectivity index (χ0n) is 8.39. The molecule has 0 rings (SSSR count). The van der Waals surface area contributed by atoms with Crippen molar-refractivity contribution >= 4 is 0 Å². The van der Waals surface area contributed by atoms with Gasteiger partial charge in [-0.1, -0.05) is 51.2 Å². The van der Waals surface area contributed by atoms with E-state index >= 15 is 0 Å². The molecule has 0 unspecified atom stereocenters. The van der Waals surface area contributed by atoms with Crippen LogP contribution in [0.2, 0.25) is 0 Å². The van der Waals surface area contributed by atoms with Crippen molar-refractivity contribution in [1.29, 1.82) is 0 Å². The van der Waals surface area contributed by atoms with Crippen molar-refractivity contribution in [1.82, 2.24) is 0 Å². The predicted octanol–water partition coefficient (Wildman–Crippen LogP) is 4.33. The molecular weight excluding hydrogens is 144 g/mol. The van der Waals surface area contributed by atoms with Gasteiger partial charge in [-0.3, -0.25) is 0 Å². The van der Waals surface area contributed by atoms with Crippen LogP contribution in [-0.2, 0) is 0 Å². The largest absolute Gasteiger partial charge is 0.0885 e. The topological polar surface area (TPSA) is 0 Å². The van der Waals surface area contributed by atoms with E-state index in [0.717, 1.165) is 0 Å². The van der Waals surface area contributed by atoms with Crippen molar-refractivity contribution in [2.45, 2.75) is 51.9 Å². The minimum atomic E-state index is 1.21. The molecule has 0 aromatic rings. The van der Waals surface area contributed by atoms with Crippen molar-refractivity contribution < 1.29 is 0 Å². The molecule has 0 atom stereocenters. The lowest BCUT2D eigenvalue weighted by atomic mass is 10.1. The highest BCUT2D eigenvalue weighted by molar-refractivity contribution is 4.83. The van der Waals surface area contributed by atoms with E-state index in [1.807, 2.05) is 6.08 Å². The number of hydrogen-bond acceptors (Lipinski definition) is 0. The summed E-state index contributed by atoms with van der Waals surface area (Å²) < 4.78 is 0. The molecule has 0 aromatic heterocycles. The quantitative estimate of drug-likeness (QED) is 0.471. The van der Waals surface area contributed by atoms with Gasteiger partial charge in [-0.15, -0.1) is 0 Å². The van der Waals surface area contributed by atoms with Crippen molar-refractivity contribution in [2.75, 3.05) is 0 Å². The first-order chi connectivity index (χ1) is 5.91. The SMILES string of the molecule is [CH2]/C=C/CCCCCCC[CH]C. The summed E-state index contributed by atoms with van der Waals surface area (Å²) in [6.07, 6.45) is 15.7. The smallest absolute Gasteiger partial charge is 0.0316 e. The molecule has 0 aliphatic carbocycles. The van der Waals surface area contributed by atoms with Crippen LogP contribution in [0.5, 0.6) is 0 Å². The average molecular weight is 166 g/mol. The molecule has 0 saturated carbocycles. The van der Waals surface area contributed by atoms with Gasteiger partial charge in [-0.05, 0) is 26.2 Å². The predicted molar refractivity (Wildman–Crippen MR) is 56.8 cm³/mol. The van der Waals surface area contributed by atoms with Crippen molar-refractivity contribution in [2.24, 2.45) is 0 Å². The van der Waals surface area contributed by atoms with Crippen LogP contribution in [-0.4, -0.2) is 0 Å². The maximum Gasteiger partial charge on any atom is -0.0316 e. The molecule has 0 fully saturated rings. The van der Waals surface area contributed by atoms with E-state index in [1.54, 1.807) is 0 Å². The molecule has 12 heavy (non-hydrogen) atoms. The Bertz CT molecular complexity index is 92.2. The molecular formula is C12H22. The molecule has 2 radical (unpaired) electrons. The van der Waals surface area contributed by atoms with Crippen molar-refractivity contribution in [3.05, 3.63) is 25.5 Å². The minimum absolute atomic E-state index is 1.21. The molecule has 0 aromatic carbocycles. The lowest BCUT2D eigenvalue weighted by molar-refractivity contribution is 0.615. The van der Waals surface area contributed by atoms with E-state index in [2.05, 4.69) is 26.3 Å². The van der Waals surface area contributed by atoms with E-state index < -0.39 is 0 Å². The van der Waals surface area contributed by atoms with Gasteiger partial charge in [0.1, 0.15) is 0 Å². The van der Waals surface area contributed by atoms with E-state index in [-0.39, 0.29) is 0 Å². The molecule has 0 aliphatic heterocycles. The fourth-order valence-corrected chi connectivity index (χ4v) is 1.26. The first-order valence-corrected chi connectivity index (χ1v) is 5.14. The van der Waals surface area contributed by atoms with E-state index in [1.165, 1.54) is 44.9 Å². The standard InChI is InChI=1S/C12H22/c1-3-5-7-9-11-12-10-8-6-4-2/h3-5H,1,6-12H2,2H3/b5-3+. The Balaban J connectivity index is 2.81. The van der Waals surface area contributed by atoms with Crippen molar-refractivity contribution in [3.8, 4) is 0 Å². The summed E-state index contributed by atoms with van der Waals surface area (Å²) >= 11 is 0. The third-order valence-corrected chi connectivity index (χ3v) is 2.03. The maximum atomic E-state index is 3.66. The van der Waals surface area contributed by atoms with Gasteiger partial charge >= 0.3 is 0 Å². The zero-order chi connectivity index (χ0) is 9.07. The van der Waals surface area contributed by atoms with E-state index in [4.69, 9.17) is 0 Å². The number of rotatable bonds is 8. The summed E-state index contributed by atoms with van der Waals surface area (Å²) in [6, 6.07) is 0. The normalized spacial score (nSPS) is 11.2. The van der Waals surface area contributed by atoms with Crippen LogP contribution in [0.1, 0.15) is 51.9 Å². The Hall–Kier alpha value is -0.260. The third kappa shape index (κ3) is 9.74. The lowest BCUT2D eigenvalue weighted by Gasteiger charge is -1.98. The Labute approximate surface area is 78.1 Å². The Morgan fingerprint density at radius 2 is 1.50 bits per heavy atom. The number of hydrogen-bond donors (Lipinski definition) is 0. The van der Waals surface area contributed by atoms with Crippen molar-refractivity contribution in [3.63, 3.8) is 0 Å². The van der Waals surface area contributed by atoms with Gasteiger partial charge < -0.3 is 0 Å². The van der Waals surface area contributed by atoms with Gasteiger partial charge in [0, 0.05) is 0 Å². The second-order valence-electron chi connectivity index (χ2n) is 3.22. The monoisotopic (exact) mass is 166 g/mol. The molecule has 0 nitrogen and oxygen atoms in total. The van der Waals surface area contributed by atoms with Crippen LogP contribution >= 0.6 is 0 Å². The highest BCUT2D eigenvalue weighted by atomic mass is 13.9. The first kappa shape index (κ1) is 11.7. The molecule has 0 heterocycles.